The summed E-state index contributed by atoms with van der Waals surface area (Å²) in [6, 6.07) is 5.45. The lowest BCUT2D eigenvalue weighted by atomic mass is 9.90. The number of carboxylic acids is 2. The maximum Gasteiger partial charge on any atom is 0.305 e. The minimum Gasteiger partial charge on any atom is -0.481 e. The second-order valence-electron chi connectivity index (χ2n) is 27.3. The molecular weight excluding hydrogens is 1580 g/mol. The average molecular weight is 1660 g/mol. The number of nitrogens with one attached hydrogen (secondary N) is 11. The maximum atomic E-state index is 16.1. The SMILES string of the molecule is C[C@@H](O)[C@H](NC(=O)CNC(=O)[C@H](CCC(=O)O)NC(=O)C(C)(C)NC(=O)[C@@H](N)Cc1c[nH]cn1)C(=O)NC(C)(Cc1ccccc1F)C(=O)N[C@H](C(=O)N[C@@H](CO)C(=O)N[C@@H](CC(=O)O)C(=O)NC(C)(CSc1c(F)c(F)c(-c2c(F)c(F)c(F)c(F)c2F)c(F)c1F)C(=O)N[C@@H](Cc1ccc(-c2ccccc2)cc1)C(N)=O)[C@@H](C)O. The van der Waals surface area contributed by atoms with E-state index in [2.05, 4.69) is 47.2 Å². The van der Waals surface area contributed by atoms with Crippen LogP contribution in [0.15, 0.2) is 96.3 Å². The third kappa shape index (κ3) is 24.0. The summed E-state index contributed by atoms with van der Waals surface area (Å²) >= 11 is -0.438. The first-order chi connectivity index (χ1) is 54.3. The molecule has 626 valence electrons. The molecule has 0 aliphatic rings. The Kier molecular flexibility index (Phi) is 32.2. The number of H-pyrrole nitrogens is 1. The number of carboxylic acid groups (broad SMARTS) is 2. The number of aliphatic hydroxyl groups is 3. The normalized spacial score (nSPS) is 14.8. The molecule has 0 saturated heterocycles. The molecule has 0 bridgehead atoms. The van der Waals surface area contributed by atoms with Crippen molar-refractivity contribution >= 4 is 88.7 Å². The predicted octanol–water partition coefficient (Wildman–Crippen LogP) is 0.530. The third-order valence-electron chi connectivity index (χ3n) is 17.6. The van der Waals surface area contributed by atoms with Crippen molar-refractivity contribution in [2.75, 3.05) is 18.9 Å². The van der Waals surface area contributed by atoms with E-state index in [9.17, 15) is 110 Å². The molecule has 1 aromatic heterocycles. The molecular formula is C73H80F10N14O18S. The molecule has 0 fully saturated rings. The van der Waals surface area contributed by atoms with Gasteiger partial charge in [-0.2, -0.15) is 0 Å². The summed E-state index contributed by atoms with van der Waals surface area (Å²) in [4.78, 5) is 182. The van der Waals surface area contributed by atoms with Gasteiger partial charge in [0.15, 0.2) is 46.5 Å². The quantitative estimate of drug-likeness (QED) is 0.0108. The number of thioether (sulfide) groups is 1. The number of aromatic amines is 1. The van der Waals surface area contributed by atoms with Crippen LogP contribution in [0.5, 0.6) is 0 Å². The molecule has 11 amide bonds. The summed E-state index contributed by atoms with van der Waals surface area (Å²) in [6.07, 6.45) is -5.42. The zero-order chi connectivity index (χ0) is 86.8. The number of rotatable bonds is 40. The number of benzene rings is 5. The van der Waals surface area contributed by atoms with Crippen molar-refractivity contribution < 1.29 is 132 Å². The number of hydrogen-bond donors (Lipinski definition) is 18. The lowest BCUT2D eigenvalue weighted by molar-refractivity contribution is -0.142. The minimum absolute atomic E-state index is 0.0563. The molecule has 116 heavy (non-hydrogen) atoms. The first kappa shape index (κ1) is 92.8. The Morgan fingerprint density at radius 1 is 0.526 bits per heavy atom. The molecule has 0 radical (unpaired) electrons. The number of aromatic nitrogens is 2. The van der Waals surface area contributed by atoms with Crippen LogP contribution in [0.4, 0.5) is 43.9 Å². The van der Waals surface area contributed by atoms with Crippen molar-refractivity contribution in [3.8, 4) is 22.3 Å². The molecule has 0 aliphatic heterocycles. The Morgan fingerprint density at radius 3 is 1.58 bits per heavy atom. The number of nitrogens with two attached hydrogens (primary N) is 2. The van der Waals surface area contributed by atoms with Crippen molar-refractivity contribution in [1.29, 1.82) is 0 Å². The van der Waals surface area contributed by atoms with E-state index in [-0.39, 0.29) is 12.0 Å². The van der Waals surface area contributed by atoms with Crippen LogP contribution < -0.4 is 64.6 Å². The summed E-state index contributed by atoms with van der Waals surface area (Å²) in [5.74, 6) is -46.1. The van der Waals surface area contributed by atoms with E-state index in [0.29, 0.717) is 23.7 Å². The minimum atomic E-state index is -2.93. The number of imidazole rings is 1. The molecule has 0 aliphatic carbocycles. The van der Waals surface area contributed by atoms with Gasteiger partial charge in [0.05, 0.1) is 65.9 Å². The third-order valence-corrected chi connectivity index (χ3v) is 19.0. The number of nitrogens with zero attached hydrogens (tertiary/aromatic N) is 1. The highest BCUT2D eigenvalue weighted by molar-refractivity contribution is 7.99. The van der Waals surface area contributed by atoms with E-state index in [1.807, 2.05) is 16.0 Å². The van der Waals surface area contributed by atoms with Gasteiger partial charge in [-0.3, -0.25) is 62.3 Å². The van der Waals surface area contributed by atoms with E-state index in [1.165, 1.54) is 50.6 Å². The number of carbonyl (C=O) groups excluding carboxylic acids is 11. The van der Waals surface area contributed by atoms with Crippen LogP contribution >= 0.6 is 11.8 Å². The van der Waals surface area contributed by atoms with Gasteiger partial charge in [0.25, 0.3) is 0 Å². The van der Waals surface area contributed by atoms with Crippen LogP contribution in [0.2, 0.25) is 0 Å². The van der Waals surface area contributed by atoms with Crippen LogP contribution in [-0.4, -0.2) is 202 Å². The summed E-state index contributed by atoms with van der Waals surface area (Å²) < 4.78 is 152. The number of primary amides is 1. The maximum absolute atomic E-state index is 16.1. The number of aliphatic hydroxyl groups excluding tert-OH is 3. The highest BCUT2D eigenvalue weighted by Crippen LogP contribution is 2.41. The van der Waals surface area contributed by atoms with Crippen molar-refractivity contribution in [2.45, 2.75) is 156 Å². The van der Waals surface area contributed by atoms with Crippen molar-refractivity contribution in [3.05, 3.63) is 166 Å². The summed E-state index contributed by atoms with van der Waals surface area (Å²) in [5, 5.41) is 73.1. The van der Waals surface area contributed by atoms with Gasteiger partial charge in [-0.25, -0.2) is 48.9 Å². The van der Waals surface area contributed by atoms with Gasteiger partial charge in [-0.1, -0.05) is 72.8 Å². The van der Waals surface area contributed by atoms with Crippen molar-refractivity contribution in [1.82, 2.24) is 63.1 Å². The highest BCUT2D eigenvalue weighted by Gasteiger charge is 2.45. The largest absolute Gasteiger partial charge is 0.481 e. The highest BCUT2D eigenvalue weighted by atomic mass is 32.2. The second kappa shape index (κ2) is 40.3. The van der Waals surface area contributed by atoms with E-state index in [0.717, 1.165) is 38.5 Å². The Labute approximate surface area is 656 Å². The van der Waals surface area contributed by atoms with E-state index >= 15 is 22.0 Å². The Bertz CT molecular complexity index is 4640. The molecule has 0 spiro atoms. The van der Waals surface area contributed by atoms with Crippen LogP contribution in [0.25, 0.3) is 22.3 Å². The van der Waals surface area contributed by atoms with Crippen LogP contribution in [0, 0.1) is 58.2 Å². The van der Waals surface area contributed by atoms with Gasteiger partial charge < -0.3 is 95.2 Å². The molecule has 1 heterocycles. The number of carbonyl (C=O) groups is 13. The van der Waals surface area contributed by atoms with Gasteiger partial charge in [-0.15, -0.1) is 11.8 Å². The first-order valence-electron chi connectivity index (χ1n) is 34.6. The van der Waals surface area contributed by atoms with Crippen molar-refractivity contribution in [2.24, 2.45) is 11.5 Å². The molecule has 11 atom stereocenters. The molecule has 5 aromatic carbocycles. The van der Waals surface area contributed by atoms with E-state index in [4.69, 9.17) is 11.5 Å². The topological polar surface area (TPSA) is 524 Å². The van der Waals surface area contributed by atoms with Gasteiger partial charge in [0.2, 0.25) is 70.8 Å². The zero-order valence-corrected chi connectivity index (χ0v) is 62.9. The number of aliphatic carboxylic acids is 2. The fourth-order valence-corrected chi connectivity index (χ4v) is 12.2. The van der Waals surface area contributed by atoms with Gasteiger partial charge in [0, 0.05) is 37.6 Å². The van der Waals surface area contributed by atoms with E-state index < -0.39 is 285 Å². The number of halogens is 10. The molecule has 32 nitrogen and oxygen atoms in total. The molecule has 43 heteroatoms. The monoisotopic (exact) mass is 1660 g/mol. The summed E-state index contributed by atoms with van der Waals surface area (Å²) in [6.45, 7) is 3.32. The van der Waals surface area contributed by atoms with Crippen LogP contribution in [-0.2, 0) is 81.6 Å². The van der Waals surface area contributed by atoms with Gasteiger partial charge >= 0.3 is 11.9 Å². The average Bonchev–Trinajstić information content (AvgIpc) is 0.749. The molecule has 6 rings (SSSR count). The predicted molar refractivity (Wildman–Crippen MR) is 387 cm³/mol. The first-order valence-corrected chi connectivity index (χ1v) is 35.6. The number of amides is 11. The fourth-order valence-electron chi connectivity index (χ4n) is 11.1. The van der Waals surface area contributed by atoms with E-state index in [1.54, 1.807) is 42.5 Å². The van der Waals surface area contributed by atoms with Gasteiger partial charge in [-0.05, 0) is 76.3 Å². The smallest absolute Gasteiger partial charge is 0.305 e. The standard InChI is InChI=1S/C73H80F10N14O18S/c1-31(99)58(94-69(114)72(5,25-36-14-10-11-15-38(36)74)97-67(112)59(32(2)100)93-44(101)27-87-63(108)40(20-21-45(102)103)91-68(113)71(3,4)95-62(107)39(84)23-37-26-86-30-88-37)66(111)90-43(28-98)64(109)89-42(24-46(104)105)65(110)96-73(6,70(115)92-41(61(85)106)22-33-16-18-35(19-17-33)34-12-8-7-9-13-34)29-116-60-56(82)51(77)48(52(78)57(60)83)47-49(75)53(79)55(81)54(80)50(47)76/h7-19,26,30-32,39-43,58-59,98-100H,20-25,27-29,84H2,1-6H3,(H2,85,106)(H,86,88)(H,87,108)(H,89,109)(H,90,111)(H,91,113)(H,92,115)(H,93,101)(H,94,114)(H,95,107)(H,96,110)(H,97,112)(H,102,103)(H,104,105)/t31-,32-,39+,40+,41+,42+,43+,58+,59+,72?,73?/m1/s1. The Hall–Kier alpha value is -12.1. The second-order valence-corrected chi connectivity index (χ2v) is 28.3. The summed E-state index contributed by atoms with van der Waals surface area (Å²) in [5.41, 5.74) is 1.23. The fraction of sp³-hybridized carbons (Fsp3) is 0.370. The van der Waals surface area contributed by atoms with Crippen molar-refractivity contribution in [3.63, 3.8) is 0 Å². The lowest BCUT2D eigenvalue weighted by Gasteiger charge is -2.34. The van der Waals surface area contributed by atoms with Crippen LogP contribution in [0.3, 0.4) is 0 Å². The Balaban J connectivity index is 1.22. The molecule has 0 saturated carbocycles. The lowest BCUT2D eigenvalue weighted by Crippen LogP contribution is -2.67. The number of hydrogen-bond acceptors (Lipinski definition) is 19. The van der Waals surface area contributed by atoms with Gasteiger partial charge in [0.1, 0.15) is 58.7 Å². The van der Waals surface area contributed by atoms with Crippen LogP contribution in [0.1, 0.15) is 77.6 Å². The Morgan fingerprint density at radius 2 is 1.04 bits per heavy atom. The molecule has 6 aromatic rings. The summed E-state index contributed by atoms with van der Waals surface area (Å²) in [7, 11) is 0. The molecule has 2 unspecified atom stereocenters. The molecule has 20 N–H and O–H groups in total. The zero-order valence-electron chi connectivity index (χ0n) is 62.1.